The summed E-state index contributed by atoms with van der Waals surface area (Å²) in [6.45, 7) is 3.81. The molecule has 0 saturated carbocycles. The summed E-state index contributed by atoms with van der Waals surface area (Å²) in [4.78, 5) is 61.6. The first-order valence-corrected chi connectivity index (χ1v) is 24.4. The van der Waals surface area contributed by atoms with Gasteiger partial charge in [-0.3, -0.25) is 34.9 Å². The second-order valence-electron chi connectivity index (χ2n) is 17.4. The van der Waals surface area contributed by atoms with E-state index in [1.165, 1.54) is 36.5 Å². The number of likely N-dealkylation sites (tertiary alicyclic amines) is 1. The average Bonchev–Trinajstić information content (AvgIpc) is 3.93. The molecule has 3 aromatic carbocycles. The number of carbonyl (C=O) groups is 4. The predicted octanol–water partition coefficient (Wildman–Crippen LogP) is 6.31. The monoisotopic (exact) mass is 945 g/mol. The number of sulfonamides is 1. The normalized spacial score (nSPS) is 16.5. The number of aromatic amines is 1. The quantitative estimate of drug-likeness (QED) is 0.0167. The van der Waals surface area contributed by atoms with Crippen LogP contribution in [0.4, 0.5) is 17.1 Å². The number of nitrogen functional groups attached to an aromatic ring is 1. The number of imide groups is 1. The topological polar surface area (TPSA) is 253 Å². The molecular weight excluding hydrogens is 891 g/mol. The number of H-pyrrole nitrogens is 1. The summed E-state index contributed by atoms with van der Waals surface area (Å²) in [5.74, 6) is 5.16. The summed E-state index contributed by atoms with van der Waals surface area (Å²) in [7, 11) is -4.49. The highest BCUT2D eigenvalue weighted by Gasteiger charge is 2.40. The minimum Gasteiger partial charge on any atom is -0.455 e. The number of unbranched alkanes of at least 4 members (excludes halogenated alkanes) is 6. The molecule has 1 unspecified atom stereocenters. The van der Waals surface area contributed by atoms with Gasteiger partial charge in [0.15, 0.2) is 0 Å². The second kappa shape index (κ2) is 21.3. The molecule has 3 aliphatic heterocycles. The maximum absolute atomic E-state index is 13.5. The molecule has 0 radical (unpaired) electrons. The highest BCUT2D eigenvalue weighted by Crippen LogP contribution is 2.33. The number of hydrogen-bond acceptors (Lipinski definition) is 14. The Morgan fingerprint density at radius 3 is 2.54 bits per heavy atom. The molecule has 1 atom stereocenters. The van der Waals surface area contributed by atoms with Crippen LogP contribution in [0, 0.1) is 17.8 Å². The van der Waals surface area contributed by atoms with Crippen molar-refractivity contribution < 1.29 is 42.7 Å². The number of carbonyl (C=O) groups excluding carboxylic acids is 4. The van der Waals surface area contributed by atoms with E-state index >= 15 is 0 Å². The lowest BCUT2D eigenvalue weighted by atomic mass is 9.96. The number of aromatic nitrogens is 2. The van der Waals surface area contributed by atoms with Crippen molar-refractivity contribution in [3.8, 4) is 23.3 Å². The smallest absolute Gasteiger partial charge is 0.268 e. The van der Waals surface area contributed by atoms with E-state index in [0.717, 1.165) is 94.4 Å². The molecule has 5 aromatic rings. The largest absolute Gasteiger partial charge is 0.455 e. The first-order chi connectivity index (χ1) is 32.8. The Bertz CT molecular complexity index is 2870. The molecule has 19 heteroatoms. The van der Waals surface area contributed by atoms with E-state index in [9.17, 15) is 38.0 Å². The van der Waals surface area contributed by atoms with Crippen LogP contribution in [0.1, 0.15) is 102 Å². The fourth-order valence-corrected chi connectivity index (χ4v) is 9.93. The van der Waals surface area contributed by atoms with E-state index in [-0.39, 0.29) is 51.0 Å². The molecule has 68 heavy (non-hydrogen) atoms. The van der Waals surface area contributed by atoms with Crippen LogP contribution in [0.5, 0.6) is 11.5 Å². The number of hydrogen-bond donors (Lipinski definition) is 7. The van der Waals surface area contributed by atoms with Crippen LogP contribution in [0.3, 0.4) is 0 Å². The summed E-state index contributed by atoms with van der Waals surface area (Å²) in [5.41, 5.74) is 9.00. The molecule has 4 amide bonds. The molecule has 356 valence electrons. The first-order valence-electron chi connectivity index (χ1n) is 22.9. The number of piperidine rings is 2. The van der Waals surface area contributed by atoms with Crippen LogP contribution < -0.4 is 31.1 Å². The van der Waals surface area contributed by atoms with Crippen LogP contribution in [0.2, 0.25) is 0 Å². The molecule has 8 N–H and O–H groups in total. The third kappa shape index (κ3) is 11.4. The van der Waals surface area contributed by atoms with E-state index in [1.54, 1.807) is 23.2 Å². The summed E-state index contributed by atoms with van der Waals surface area (Å²) >= 11 is 0. The number of fused-ring (bicyclic) bond motifs is 2. The second-order valence-corrected chi connectivity index (χ2v) is 19.1. The molecular formula is C49H55N9O9S. The summed E-state index contributed by atoms with van der Waals surface area (Å²) in [6.07, 6.45) is 13.0. The highest BCUT2D eigenvalue weighted by atomic mass is 32.2. The zero-order valence-corrected chi connectivity index (χ0v) is 38.3. The van der Waals surface area contributed by atoms with Crippen molar-refractivity contribution in [1.29, 1.82) is 0 Å². The van der Waals surface area contributed by atoms with E-state index in [1.807, 2.05) is 22.9 Å². The van der Waals surface area contributed by atoms with E-state index in [2.05, 4.69) is 37.3 Å². The van der Waals surface area contributed by atoms with Gasteiger partial charge in [0.25, 0.3) is 21.8 Å². The molecule has 3 aliphatic rings. The standard InChI is InChI=1S/C49H55N9O9S/c50-36-13-15-39(43(27-36)67-37-26-34-19-22-51-46(34)53-30-37)47(60)55-68(65,66)38-14-16-40(42(28-38)58(63)64)52-29-32-20-24-56(25-21-32)23-8-6-4-2-1-3-5-7-10-33-11-9-12-35-31-57(49(62)45(33)35)41-17-18-44(59)54-48(41)61/h9,11-16,19,22,26-28,30,32,41,52,63-64H,1-6,8,17-18,20-21,23-25,29,31,50H2,(H,51,53)(H,55,60)(H,54,59,61). The van der Waals surface area contributed by atoms with Crippen LogP contribution in [0.25, 0.3) is 11.0 Å². The zero-order chi connectivity index (χ0) is 47.8. The van der Waals surface area contributed by atoms with Gasteiger partial charge >= 0.3 is 0 Å². The molecule has 2 saturated heterocycles. The molecule has 2 fully saturated rings. The lowest BCUT2D eigenvalue weighted by Crippen LogP contribution is -2.52. The highest BCUT2D eigenvalue weighted by molar-refractivity contribution is 7.90. The maximum Gasteiger partial charge on any atom is 0.268 e. The van der Waals surface area contributed by atoms with E-state index in [0.29, 0.717) is 53.6 Å². The Balaban J connectivity index is 0.728. The number of pyridine rings is 1. The third-order valence-corrected chi connectivity index (χ3v) is 14.0. The number of nitrogens with one attached hydrogen (secondary N) is 4. The van der Waals surface area contributed by atoms with Gasteiger partial charge < -0.3 is 30.6 Å². The molecule has 2 aromatic heterocycles. The molecule has 0 spiro atoms. The lowest BCUT2D eigenvalue weighted by Gasteiger charge is -2.32. The van der Waals surface area contributed by atoms with Crippen molar-refractivity contribution in [3.05, 3.63) is 101 Å². The van der Waals surface area contributed by atoms with E-state index in [4.69, 9.17) is 10.5 Å². The fraction of sp³-hybridized carbons (Fsp3) is 0.367. The maximum atomic E-state index is 13.5. The number of anilines is 3. The van der Waals surface area contributed by atoms with Crippen LogP contribution in [0.15, 0.2) is 84.0 Å². The Kier molecular flexibility index (Phi) is 14.9. The fourth-order valence-electron chi connectivity index (χ4n) is 8.94. The Hall–Kier alpha value is -6.98. The van der Waals surface area contributed by atoms with Gasteiger partial charge in [0.2, 0.25) is 11.8 Å². The number of rotatable bonds is 18. The number of amides is 4. The van der Waals surface area contributed by atoms with Crippen molar-refractivity contribution in [2.24, 2.45) is 5.92 Å². The van der Waals surface area contributed by atoms with Crippen LogP contribution in [-0.2, 0) is 26.2 Å². The molecule has 8 rings (SSSR count). The Morgan fingerprint density at radius 2 is 1.75 bits per heavy atom. The van der Waals surface area contributed by atoms with Gasteiger partial charge in [-0.15, -0.1) is 5.23 Å². The van der Waals surface area contributed by atoms with Crippen molar-refractivity contribution >= 4 is 61.7 Å². The number of nitrogens with zero attached hydrogens (tertiary/aromatic N) is 4. The van der Waals surface area contributed by atoms with Crippen LogP contribution >= 0.6 is 0 Å². The van der Waals surface area contributed by atoms with Crippen molar-refractivity contribution in [2.45, 2.75) is 88.1 Å². The van der Waals surface area contributed by atoms with Crippen molar-refractivity contribution in [1.82, 2.24) is 29.8 Å². The number of ether oxygens (including phenoxy) is 1. The minimum absolute atomic E-state index is 0.0126. The van der Waals surface area contributed by atoms with Crippen molar-refractivity contribution in [2.75, 3.05) is 42.5 Å². The zero-order valence-electron chi connectivity index (χ0n) is 37.5. The van der Waals surface area contributed by atoms with Crippen LogP contribution in [-0.4, -0.2) is 94.4 Å². The van der Waals surface area contributed by atoms with Gasteiger partial charge in [0.05, 0.1) is 27.9 Å². The van der Waals surface area contributed by atoms with Gasteiger partial charge in [-0.25, -0.2) is 18.1 Å². The Morgan fingerprint density at radius 1 is 0.956 bits per heavy atom. The number of nitrogens with two attached hydrogens (primary N) is 1. The predicted molar refractivity (Wildman–Crippen MR) is 254 cm³/mol. The third-order valence-electron chi connectivity index (χ3n) is 12.7. The molecule has 0 aliphatic carbocycles. The molecule has 0 bridgehead atoms. The van der Waals surface area contributed by atoms with E-state index < -0.39 is 27.9 Å². The van der Waals surface area contributed by atoms with Gasteiger partial charge in [0.1, 0.15) is 28.9 Å². The van der Waals surface area contributed by atoms with Gasteiger partial charge in [-0.2, -0.15) is 0 Å². The van der Waals surface area contributed by atoms with Gasteiger partial charge in [-0.1, -0.05) is 49.7 Å². The lowest BCUT2D eigenvalue weighted by molar-refractivity contribution is -0.136. The van der Waals surface area contributed by atoms with Gasteiger partial charge in [-0.05, 0) is 112 Å². The molecule has 18 nitrogen and oxygen atoms in total. The van der Waals surface area contributed by atoms with Crippen molar-refractivity contribution in [3.63, 3.8) is 0 Å². The van der Waals surface area contributed by atoms with Gasteiger partial charge in [0, 0.05) is 54.8 Å². The SMILES string of the molecule is Nc1ccc(C(=O)NS(=O)(=O)c2ccc(NCC3CCN(CCCCCCCCC#Cc4cccc5c4C(=O)N(C4CCC(=O)NC4=O)C5)CC3)c(N(O)O)c2)c(Oc2cnc3[nH]ccc3c2)c1. The molecule has 5 heterocycles. The summed E-state index contributed by atoms with van der Waals surface area (Å²) < 4.78 is 34.9. The summed E-state index contributed by atoms with van der Waals surface area (Å²) in [6, 6.07) is 16.5. The first kappa shape index (κ1) is 47.5. The number of benzene rings is 3. The minimum atomic E-state index is -4.49. The average molecular weight is 946 g/mol. The Labute approximate surface area is 394 Å². The summed E-state index contributed by atoms with van der Waals surface area (Å²) in [5, 5.41) is 26.4.